The van der Waals surface area contributed by atoms with Crippen LogP contribution < -0.4 is 5.73 Å². The van der Waals surface area contributed by atoms with E-state index in [1.165, 1.54) is 6.07 Å². The monoisotopic (exact) mass is 288 g/mol. The van der Waals surface area contributed by atoms with Crippen molar-refractivity contribution in [2.75, 3.05) is 0 Å². The molecule has 2 N–H and O–H groups in total. The maximum absolute atomic E-state index is 11.0. The first kappa shape index (κ1) is 15.2. The summed E-state index contributed by atoms with van der Waals surface area (Å²) < 4.78 is 1.95. The Morgan fingerprint density at radius 3 is 2.90 bits per heavy atom. The molecule has 0 radical (unpaired) electrons. The lowest BCUT2D eigenvalue weighted by Gasteiger charge is -2.05. The maximum Gasteiger partial charge on any atom is 0.272 e. The number of rotatable bonds is 7. The van der Waals surface area contributed by atoms with E-state index in [2.05, 4.69) is 11.9 Å². The highest BCUT2D eigenvalue weighted by Crippen LogP contribution is 2.18. The van der Waals surface area contributed by atoms with Crippen LogP contribution in [0.15, 0.2) is 36.8 Å². The zero-order valence-corrected chi connectivity index (χ0v) is 12.1. The molecule has 0 spiro atoms. The fourth-order valence-corrected chi connectivity index (χ4v) is 2.20. The van der Waals surface area contributed by atoms with E-state index in [9.17, 15) is 10.1 Å². The summed E-state index contributed by atoms with van der Waals surface area (Å²) in [6.45, 7) is 2.72. The van der Waals surface area contributed by atoms with Crippen molar-refractivity contribution in [1.29, 1.82) is 0 Å². The molecule has 0 aliphatic carbocycles. The third kappa shape index (κ3) is 4.13. The van der Waals surface area contributed by atoms with E-state index in [-0.39, 0.29) is 16.7 Å². The number of nitrogens with zero attached hydrogens (tertiary/aromatic N) is 3. The van der Waals surface area contributed by atoms with E-state index in [0.717, 1.165) is 24.1 Å². The average molecular weight is 288 g/mol. The Morgan fingerprint density at radius 1 is 1.43 bits per heavy atom. The molecule has 0 aliphatic heterocycles. The second kappa shape index (κ2) is 6.99. The summed E-state index contributed by atoms with van der Waals surface area (Å²) >= 11 is 0. The fourth-order valence-electron chi connectivity index (χ4n) is 2.20. The first-order valence-corrected chi connectivity index (χ1v) is 7.08. The average Bonchev–Trinajstić information content (AvgIpc) is 2.92. The fraction of sp³-hybridized carbons (Fsp3) is 0.400. The van der Waals surface area contributed by atoms with Crippen LogP contribution in [0, 0.1) is 10.1 Å². The van der Waals surface area contributed by atoms with Gasteiger partial charge in [-0.05, 0) is 12.8 Å². The van der Waals surface area contributed by atoms with Gasteiger partial charge < -0.3 is 10.3 Å². The zero-order valence-electron chi connectivity index (χ0n) is 12.1. The molecule has 0 amide bonds. The Bertz CT molecular complexity index is 609. The van der Waals surface area contributed by atoms with Crippen molar-refractivity contribution < 1.29 is 4.92 Å². The van der Waals surface area contributed by atoms with Gasteiger partial charge in [-0.25, -0.2) is 4.98 Å². The van der Waals surface area contributed by atoms with E-state index in [1.54, 1.807) is 18.5 Å². The van der Waals surface area contributed by atoms with Gasteiger partial charge in [0.2, 0.25) is 0 Å². The highest BCUT2D eigenvalue weighted by atomic mass is 16.6. The van der Waals surface area contributed by atoms with E-state index in [4.69, 9.17) is 5.73 Å². The summed E-state index contributed by atoms with van der Waals surface area (Å²) in [5.74, 6) is 0. The topological polar surface area (TPSA) is 87.0 Å². The van der Waals surface area contributed by atoms with E-state index in [0.29, 0.717) is 13.0 Å². The van der Waals surface area contributed by atoms with Gasteiger partial charge in [0.05, 0.1) is 16.9 Å². The molecule has 2 aromatic rings. The van der Waals surface area contributed by atoms with Crippen LogP contribution >= 0.6 is 0 Å². The molecule has 1 aromatic heterocycles. The van der Waals surface area contributed by atoms with Gasteiger partial charge in [0, 0.05) is 36.8 Å². The molecular weight excluding hydrogens is 268 g/mol. The predicted octanol–water partition coefficient (Wildman–Crippen LogP) is 2.31. The van der Waals surface area contributed by atoms with Crippen LogP contribution in [0.3, 0.4) is 0 Å². The molecule has 0 fully saturated rings. The first-order valence-electron chi connectivity index (χ1n) is 7.08. The minimum absolute atomic E-state index is 0.128. The summed E-state index contributed by atoms with van der Waals surface area (Å²) in [6.07, 6.45) is 6.00. The number of benzene rings is 1. The van der Waals surface area contributed by atoms with Crippen LogP contribution in [0.1, 0.15) is 24.6 Å². The van der Waals surface area contributed by atoms with Gasteiger partial charge >= 0.3 is 0 Å². The quantitative estimate of drug-likeness (QED) is 0.625. The highest BCUT2D eigenvalue weighted by Gasteiger charge is 2.12. The molecule has 2 rings (SSSR count). The van der Waals surface area contributed by atoms with Crippen LogP contribution in [-0.4, -0.2) is 20.5 Å². The smallest absolute Gasteiger partial charge is 0.272 e. The van der Waals surface area contributed by atoms with Crippen molar-refractivity contribution in [3.05, 3.63) is 58.2 Å². The maximum atomic E-state index is 11.0. The Balaban J connectivity index is 1.99. The van der Waals surface area contributed by atoms with Gasteiger partial charge in [-0.1, -0.05) is 25.1 Å². The third-order valence-corrected chi connectivity index (χ3v) is 3.51. The van der Waals surface area contributed by atoms with Crippen molar-refractivity contribution in [3.8, 4) is 0 Å². The SMILES string of the molecule is CCC(N)Cc1cn(CCc2ccccc2[N+](=O)[O-])cn1. The molecular formula is C15H20N4O2. The Hall–Kier alpha value is -2.21. The van der Waals surface area contributed by atoms with Gasteiger partial charge in [-0.15, -0.1) is 0 Å². The molecule has 0 saturated heterocycles. The normalized spacial score (nSPS) is 12.3. The minimum Gasteiger partial charge on any atom is -0.337 e. The van der Waals surface area contributed by atoms with Gasteiger partial charge in [0.25, 0.3) is 5.69 Å². The highest BCUT2D eigenvalue weighted by molar-refractivity contribution is 5.39. The molecule has 0 bridgehead atoms. The van der Waals surface area contributed by atoms with Crippen LogP contribution in [-0.2, 0) is 19.4 Å². The van der Waals surface area contributed by atoms with Crippen LogP contribution in [0.2, 0.25) is 0 Å². The van der Waals surface area contributed by atoms with Crippen molar-refractivity contribution >= 4 is 5.69 Å². The summed E-state index contributed by atoms with van der Waals surface area (Å²) in [5, 5.41) is 11.0. The van der Waals surface area contributed by atoms with Gasteiger partial charge in [0.15, 0.2) is 0 Å². The number of hydrogen-bond donors (Lipinski definition) is 1. The van der Waals surface area contributed by atoms with Gasteiger partial charge in [-0.2, -0.15) is 0 Å². The summed E-state index contributed by atoms with van der Waals surface area (Å²) in [4.78, 5) is 14.9. The van der Waals surface area contributed by atoms with E-state index < -0.39 is 0 Å². The first-order chi connectivity index (χ1) is 10.1. The number of para-hydroxylation sites is 1. The number of aryl methyl sites for hydroxylation is 2. The third-order valence-electron chi connectivity index (χ3n) is 3.51. The number of aromatic nitrogens is 2. The summed E-state index contributed by atoms with van der Waals surface area (Å²) in [6, 6.07) is 6.96. The van der Waals surface area contributed by atoms with Crippen LogP contribution in [0.4, 0.5) is 5.69 Å². The number of nitro benzene ring substituents is 1. The van der Waals surface area contributed by atoms with Gasteiger partial charge in [0.1, 0.15) is 0 Å². The standard InChI is InChI=1S/C15H20N4O2/c1-2-13(16)9-14-10-18(11-17-14)8-7-12-5-3-4-6-15(12)19(20)21/h3-6,10-11,13H,2,7-9,16H2,1H3. The minimum atomic E-state index is -0.338. The molecule has 21 heavy (non-hydrogen) atoms. The molecule has 1 atom stereocenters. The molecule has 1 unspecified atom stereocenters. The number of nitro groups is 1. The predicted molar refractivity (Wildman–Crippen MR) is 81.0 cm³/mol. The van der Waals surface area contributed by atoms with Crippen molar-refractivity contribution in [2.24, 2.45) is 5.73 Å². The lowest BCUT2D eigenvalue weighted by molar-refractivity contribution is -0.385. The molecule has 0 saturated carbocycles. The molecule has 6 heteroatoms. The number of nitrogens with two attached hydrogens (primary N) is 1. The molecule has 112 valence electrons. The number of hydrogen-bond acceptors (Lipinski definition) is 4. The molecule has 6 nitrogen and oxygen atoms in total. The van der Waals surface area contributed by atoms with E-state index in [1.807, 2.05) is 16.8 Å². The van der Waals surface area contributed by atoms with E-state index >= 15 is 0 Å². The largest absolute Gasteiger partial charge is 0.337 e. The zero-order chi connectivity index (χ0) is 15.2. The van der Waals surface area contributed by atoms with Gasteiger partial charge in [-0.3, -0.25) is 10.1 Å². The summed E-state index contributed by atoms with van der Waals surface area (Å²) in [7, 11) is 0. The molecule has 0 aliphatic rings. The number of imidazole rings is 1. The van der Waals surface area contributed by atoms with Crippen LogP contribution in [0.25, 0.3) is 0 Å². The molecule has 1 aromatic carbocycles. The lowest BCUT2D eigenvalue weighted by Crippen LogP contribution is -2.21. The molecule has 1 heterocycles. The Kier molecular flexibility index (Phi) is 5.05. The second-order valence-corrected chi connectivity index (χ2v) is 5.11. The van der Waals surface area contributed by atoms with Crippen LogP contribution in [0.5, 0.6) is 0 Å². The Labute approximate surface area is 123 Å². The van der Waals surface area contributed by atoms with Crippen molar-refractivity contribution in [3.63, 3.8) is 0 Å². The van der Waals surface area contributed by atoms with Crippen molar-refractivity contribution in [2.45, 2.75) is 38.8 Å². The van der Waals surface area contributed by atoms with Crippen molar-refractivity contribution in [1.82, 2.24) is 9.55 Å². The lowest BCUT2D eigenvalue weighted by atomic mass is 10.1. The Morgan fingerprint density at radius 2 is 2.19 bits per heavy atom. The second-order valence-electron chi connectivity index (χ2n) is 5.11. The summed E-state index contributed by atoms with van der Waals surface area (Å²) in [5.41, 5.74) is 7.78.